The highest BCUT2D eigenvalue weighted by Gasteiger charge is 2.17. The Bertz CT molecular complexity index is 835. The van der Waals surface area contributed by atoms with Crippen molar-refractivity contribution in [3.05, 3.63) is 59.7 Å². The van der Waals surface area contributed by atoms with Gasteiger partial charge in [-0.3, -0.25) is 4.79 Å². The van der Waals surface area contributed by atoms with Gasteiger partial charge in [0.1, 0.15) is 5.75 Å². The average molecular weight is 405 g/mol. The summed E-state index contributed by atoms with van der Waals surface area (Å²) in [5, 5.41) is 2.98. The van der Waals surface area contributed by atoms with Crippen LogP contribution in [0.15, 0.2) is 48.5 Å². The Labute approximate surface area is 169 Å². The first-order chi connectivity index (χ1) is 13.8. The number of carbonyl (C=O) groups excluding carboxylic acids is 1. The van der Waals surface area contributed by atoms with Gasteiger partial charge in [0.2, 0.25) is 5.91 Å². The van der Waals surface area contributed by atoms with Crippen molar-refractivity contribution in [3.8, 4) is 17.2 Å². The van der Waals surface area contributed by atoms with Gasteiger partial charge in [0.25, 0.3) is 0 Å². The van der Waals surface area contributed by atoms with Crippen molar-refractivity contribution < 1.29 is 27.8 Å². The quantitative estimate of drug-likeness (QED) is 0.607. The molecule has 156 valence electrons. The lowest BCUT2D eigenvalue weighted by atomic mass is 9.96. The van der Waals surface area contributed by atoms with E-state index in [4.69, 9.17) is 9.47 Å². The van der Waals surface area contributed by atoms with Gasteiger partial charge in [0.15, 0.2) is 11.5 Å². The summed E-state index contributed by atoms with van der Waals surface area (Å²) in [6.07, 6.45) is 2.97. The zero-order valence-electron chi connectivity index (χ0n) is 16.8. The Balaban J connectivity index is 2.10. The van der Waals surface area contributed by atoms with Gasteiger partial charge in [-0.15, -0.1) is 0 Å². The standard InChI is InChI=1S/C22H25F2NO4/c1-14(2)21(16-7-9-17(27-3)10-8-16)25-20(26)12-6-15-5-11-18(29-22(23)24)19(13-15)28-4/h5-14,21-22H,1-4H3,(H,25,26)/b12-6+/t21-/m0/s1. The summed E-state index contributed by atoms with van der Waals surface area (Å²) in [7, 11) is 2.96. The van der Waals surface area contributed by atoms with Crippen LogP contribution >= 0.6 is 0 Å². The predicted molar refractivity (Wildman–Crippen MR) is 107 cm³/mol. The van der Waals surface area contributed by atoms with Crippen molar-refractivity contribution in [3.63, 3.8) is 0 Å². The number of amides is 1. The number of rotatable bonds is 9. The normalized spacial score (nSPS) is 12.3. The van der Waals surface area contributed by atoms with Crippen LogP contribution in [0.1, 0.15) is 31.0 Å². The van der Waals surface area contributed by atoms with E-state index in [9.17, 15) is 13.6 Å². The Kier molecular flexibility index (Phi) is 8.00. The van der Waals surface area contributed by atoms with E-state index in [2.05, 4.69) is 10.1 Å². The van der Waals surface area contributed by atoms with Gasteiger partial charge >= 0.3 is 6.61 Å². The molecule has 29 heavy (non-hydrogen) atoms. The van der Waals surface area contributed by atoms with Crippen molar-refractivity contribution in [1.29, 1.82) is 0 Å². The van der Waals surface area contributed by atoms with E-state index >= 15 is 0 Å². The van der Waals surface area contributed by atoms with Crippen LogP contribution in [-0.2, 0) is 4.79 Å². The lowest BCUT2D eigenvalue weighted by Gasteiger charge is -2.22. The van der Waals surface area contributed by atoms with E-state index in [0.29, 0.717) is 5.56 Å². The van der Waals surface area contributed by atoms with Crippen LogP contribution in [0.4, 0.5) is 8.78 Å². The molecule has 7 heteroatoms. The molecule has 0 saturated heterocycles. The van der Waals surface area contributed by atoms with Crippen LogP contribution in [0.5, 0.6) is 17.2 Å². The Morgan fingerprint density at radius 1 is 1.00 bits per heavy atom. The third kappa shape index (κ3) is 6.48. The molecule has 0 aromatic heterocycles. The van der Waals surface area contributed by atoms with E-state index in [-0.39, 0.29) is 29.4 Å². The van der Waals surface area contributed by atoms with E-state index in [1.54, 1.807) is 19.3 Å². The van der Waals surface area contributed by atoms with Crippen molar-refractivity contribution in [1.82, 2.24) is 5.32 Å². The highest BCUT2D eigenvalue weighted by molar-refractivity contribution is 5.92. The van der Waals surface area contributed by atoms with Gasteiger partial charge in [0.05, 0.1) is 20.3 Å². The molecule has 0 bridgehead atoms. The third-order valence-corrected chi connectivity index (χ3v) is 4.27. The van der Waals surface area contributed by atoms with Gasteiger partial charge in [-0.05, 0) is 47.4 Å². The van der Waals surface area contributed by atoms with Gasteiger partial charge < -0.3 is 19.5 Å². The first-order valence-corrected chi connectivity index (χ1v) is 9.09. The minimum atomic E-state index is -2.94. The van der Waals surface area contributed by atoms with Crippen molar-refractivity contribution in [2.24, 2.45) is 5.92 Å². The molecule has 2 aromatic rings. The second-order valence-electron chi connectivity index (χ2n) is 6.63. The largest absolute Gasteiger partial charge is 0.497 e. The number of methoxy groups -OCH3 is 2. The summed E-state index contributed by atoms with van der Waals surface area (Å²) >= 11 is 0. The van der Waals surface area contributed by atoms with Gasteiger partial charge in [0, 0.05) is 6.08 Å². The van der Waals surface area contributed by atoms with Crippen molar-refractivity contribution >= 4 is 12.0 Å². The molecule has 0 aliphatic carbocycles. The maximum Gasteiger partial charge on any atom is 0.387 e. The fraction of sp³-hybridized carbons (Fsp3) is 0.318. The first kappa shape index (κ1) is 22.2. The smallest absolute Gasteiger partial charge is 0.387 e. The molecule has 5 nitrogen and oxygen atoms in total. The Morgan fingerprint density at radius 3 is 2.24 bits per heavy atom. The van der Waals surface area contributed by atoms with E-state index in [1.807, 2.05) is 38.1 Å². The molecule has 1 atom stereocenters. The summed E-state index contributed by atoms with van der Waals surface area (Å²) in [5.41, 5.74) is 1.59. The molecule has 2 aromatic carbocycles. The van der Waals surface area contributed by atoms with Crippen LogP contribution in [0.25, 0.3) is 6.08 Å². The zero-order valence-corrected chi connectivity index (χ0v) is 16.8. The number of alkyl halides is 2. The molecular weight excluding hydrogens is 380 g/mol. The Hall–Kier alpha value is -3.09. The number of hydrogen-bond donors (Lipinski definition) is 1. The number of halogens is 2. The van der Waals surface area contributed by atoms with Gasteiger partial charge in [-0.2, -0.15) is 8.78 Å². The zero-order chi connectivity index (χ0) is 21.4. The summed E-state index contributed by atoms with van der Waals surface area (Å²) in [5.74, 6) is 0.739. The lowest BCUT2D eigenvalue weighted by molar-refractivity contribution is -0.117. The molecule has 0 aliphatic heterocycles. The second-order valence-corrected chi connectivity index (χ2v) is 6.63. The van der Waals surface area contributed by atoms with Crippen molar-refractivity contribution in [2.45, 2.75) is 26.5 Å². The maximum absolute atomic E-state index is 12.4. The second kappa shape index (κ2) is 10.5. The fourth-order valence-electron chi connectivity index (χ4n) is 2.80. The van der Waals surface area contributed by atoms with Crippen LogP contribution < -0.4 is 19.5 Å². The minimum absolute atomic E-state index is 0.0662. The molecule has 0 spiro atoms. The van der Waals surface area contributed by atoms with Crippen LogP contribution in [-0.4, -0.2) is 26.7 Å². The molecule has 0 fully saturated rings. The number of carbonyl (C=O) groups is 1. The van der Waals surface area contributed by atoms with Crippen LogP contribution in [0.2, 0.25) is 0 Å². The Morgan fingerprint density at radius 2 is 1.69 bits per heavy atom. The molecular formula is C22H25F2NO4. The molecule has 0 heterocycles. The molecule has 1 amide bonds. The maximum atomic E-state index is 12.4. The van der Waals surface area contributed by atoms with Crippen LogP contribution in [0.3, 0.4) is 0 Å². The van der Waals surface area contributed by atoms with Crippen LogP contribution in [0, 0.1) is 5.92 Å². The highest BCUT2D eigenvalue weighted by Crippen LogP contribution is 2.30. The summed E-state index contributed by atoms with van der Waals surface area (Å²) in [6.45, 7) is 1.10. The van der Waals surface area contributed by atoms with E-state index in [1.165, 1.54) is 25.3 Å². The average Bonchev–Trinajstić information content (AvgIpc) is 2.70. The number of nitrogens with one attached hydrogen (secondary N) is 1. The number of ether oxygens (including phenoxy) is 3. The highest BCUT2D eigenvalue weighted by atomic mass is 19.3. The monoisotopic (exact) mass is 405 g/mol. The summed E-state index contributed by atoms with van der Waals surface area (Å²) < 4.78 is 39.4. The molecule has 1 N–H and O–H groups in total. The topological polar surface area (TPSA) is 56.8 Å². The predicted octanol–water partition coefficient (Wildman–Crippen LogP) is 4.83. The van der Waals surface area contributed by atoms with E-state index in [0.717, 1.165) is 11.3 Å². The van der Waals surface area contributed by atoms with Crippen molar-refractivity contribution in [2.75, 3.05) is 14.2 Å². The SMILES string of the molecule is COc1ccc([C@@H](NC(=O)/C=C/c2ccc(OC(F)F)c(OC)c2)C(C)C)cc1. The van der Waals surface area contributed by atoms with Gasteiger partial charge in [-0.25, -0.2) is 0 Å². The lowest BCUT2D eigenvalue weighted by Crippen LogP contribution is -2.30. The fourth-order valence-corrected chi connectivity index (χ4v) is 2.80. The molecule has 2 rings (SSSR count). The third-order valence-electron chi connectivity index (χ3n) is 4.27. The first-order valence-electron chi connectivity index (χ1n) is 9.09. The number of hydrogen-bond acceptors (Lipinski definition) is 4. The summed E-state index contributed by atoms with van der Waals surface area (Å²) in [6, 6.07) is 11.8. The number of benzene rings is 2. The molecule has 0 saturated carbocycles. The minimum Gasteiger partial charge on any atom is -0.497 e. The molecule has 0 aliphatic rings. The van der Waals surface area contributed by atoms with E-state index < -0.39 is 6.61 Å². The van der Waals surface area contributed by atoms with Gasteiger partial charge in [-0.1, -0.05) is 32.0 Å². The molecule has 0 unspecified atom stereocenters. The summed E-state index contributed by atoms with van der Waals surface area (Å²) in [4.78, 5) is 12.4. The molecule has 0 radical (unpaired) electrons.